The zero-order chi connectivity index (χ0) is 9.94. The molecular formula is C4H8BrNO5S. The second-order valence-electron chi connectivity index (χ2n) is 2.11. The van der Waals surface area contributed by atoms with Gasteiger partial charge in [0.15, 0.2) is 0 Å². The van der Waals surface area contributed by atoms with Crippen LogP contribution >= 0.6 is 15.9 Å². The summed E-state index contributed by atoms with van der Waals surface area (Å²) < 4.78 is 27.8. The average Bonchev–Trinajstić information content (AvgIpc) is 1.85. The highest BCUT2D eigenvalue weighted by Crippen LogP contribution is 2.13. The van der Waals surface area contributed by atoms with Gasteiger partial charge in [-0.15, -0.1) is 0 Å². The van der Waals surface area contributed by atoms with Gasteiger partial charge in [0, 0.05) is 6.42 Å². The van der Waals surface area contributed by atoms with Crippen LogP contribution in [0.2, 0.25) is 0 Å². The van der Waals surface area contributed by atoms with Crippen LogP contribution in [0.15, 0.2) is 0 Å². The second-order valence-corrected chi connectivity index (χ2v) is 5.42. The van der Waals surface area contributed by atoms with Gasteiger partial charge in [0.25, 0.3) is 10.1 Å². The number of aliphatic carboxylic acids is 1. The summed E-state index contributed by atoms with van der Waals surface area (Å²) in [7, 11) is -4.26. The fraction of sp³-hybridized carbons (Fsp3) is 0.750. The zero-order valence-corrected chi connectivity index (χ0v) is 8.25. The molecule has 2 unspecified atom stereocenters. The van der Waals surface area contributed by atoms with Crippen molar-refractivity contribution in [2.45, 2.75) is 16.6 Å². The van der Waals surface area contributed by atoms with E-state index in [1.807, 2.05) is 0 Å². The number of nitrogens with two attached hydrogens (primary N) is 1. The molecule has 6 nitrogen and oxygen atoms in total. The molecule has 0 rings (SSSR count). The molecule has 0 saturated heterocycles. The van der Waals surface area contributed by atoms with Crippen LogP contribution in [0, 0.1) is 0 Å². The molecule has 0 amide bonds. The Morgan fingerprint density at radius 1 is 1.58 bits per heavy atom. The second kappa shape index (κ2) is 4.17. The highest BCUT2D eigenvalue weighted by atomic mass is 79.9. The lowest BCUT2D eigenvalue weighted by molar-refractivity contribution is -0.138. The molecule has 0 bridgehead atoms. The summed E-state index contributed by atoms with van der Waals surface area (Å²) in [6.07, 6.45) is -0.381. The van der Waals surface area contributed by atoms with Gasteiger partial charge >= 0.3 is 5.97 Å². The van der Waals surface area contributed by atoms with Gasteiger partial charge in [0.1, 0.15) is 10.2 Å². The molecule has 0 aliphatic carbocycles. The number of carboxylic acid groups (broad SMARTS) is 1. The number of hydrogen-bond acceptors (Lipinski definition) is 4. The minimum absolute atomic E-state index is 0.381. The third-order valence-corrected chi connectivity index (χ3v) is 3.71. The van der Waals surface area contributed by atoms with Gasteiger partial charge in [-0.05, 0) is 0 Å². The summed E-state index contributed by atoms with van der Waals surface area (Å²) in [6.45, 7) is 0. The summed E-state index contributed by atoms with van der Waals surface area (Å²) in [5, 5.41) is 8.27. The summed E-state index contributed by atoms with van der Waals surface area (Å²) in [6, 6.07) is -1.31. The number of hydrogen-bond donors (Lipinski definition) is 3. The van der Waals surface area contributed by atoms with E-state index in [0.717, 1.165) is 0 Å². The van der Waals surface area contributed by atoms with Crippen LogP contribution in [0.1, 0.15) is 6.42 Å². The fourth-order valence-corrected chi connectivity index (χ4v) is 1.28. The van der Waals surface area contributed by atoms with Crippen molar-refractivity contribution in [1.29, 1.82) is 0 Å². The van der Waals surface area contributed by atoms with Crippen LogP contribution in [-0.2, 0) is 14.9 Å². The predicted octanol–water partition coefficient (Wildman–Crippen LogP) is -0.603. The fourth-order valence-electron chi connectivity index (χ4n) is 0.422. The number of rotatable bonds is 4. The molecule has 0 aliphatic rings. The Morgan fingerprint density at radius 2 is 2.00 bits per heavy atom. The van der Waals surface area contributed by atoms with E-state index in [4.69, 9.17) is 15.4 Å². The Bertz CT molecular complexity index is 263. The van der Waals surface area contributed by atoms with E-state index in [2.05, 4.69) is 15.9 Å². The standard InChI is InChI=1S/C4H8BrNO5S/c5-3(12(9,10)11)1-2(6)4(7)8/h2-3H,1,6H2,(H,7,8)(H,9,10,11). The maximum absolute atomic E-state index is 10.3. The molecule has 0 heterocycles. The lowest BCUT2D eigenvalue weighted by Gasteiger charge is -2.08. The molecule has 8 heteroatoms. The molecule has 0 spiro atoms. The van der Waals surface area contributed by atoms with E-state index < -0.39 is 26.3 Å². The van der Waals surface area contributed by atoms with Gasteiger partial charge < -0.3 is 10.8 Å². The molecule has 0 radical (unpaired) electrons. The molecule has 0 aromatic heterocycles. The number of halogens is 1. The van der Waals surface area contributed by atoms with Crippen molar-refractivity contribution in [2.24, 2.45) is 5.73 Å². The lowest BCUT2D eigenvalue weighted by Crippen LogP contribution is -2.34. The van der Waals surface area contributed by atoms with Crippen molar-refractivity contribution < 1.29 is 22.9 Å². The Balaban J connectivity index is 4.20. The van der Waals surface area contributed by atoms with Crippen molar-refractivity contribution in [3.63, 3.8) is 0 Å². The Kier molecular flexibility index (Phi) is 4.11. The number of carbonyl (C=O) groups is 1. The third kappa shape index (κ3) is 4.00. The maximum Gasteiger partial charge on any atom is 0.320 e. The van der Waals surface area contributed by atoms with E-state index in [0.29, 0.717) is 0 Å². The first-order valence-corrected chi connectivity index (χ1v) is 5.25. The predicted molar refractivity (Wildman–Crippen MR) is 44.5 cm³/mol. The van der Waals surface area contributed by atoms with Crippen molar-refractivity contribution in [1.82, 2.24) is 0 Å². The highest BCUT2D eigenvalue weighted by molar-refractivity contribution is 9.11. The zero-order valence-electron chi connectivity index (χ0n) is 5.84. The normalized spacial score (nSPS) is 16.9. The van der Waals surface area contributed by atoms with Crippen LogP contribution in [0.4, 0.5) is 0 Å². The minimum atomic E-state index is -4.26. The molecule has 2 atom stereocenters. The lowest BCUT2D eigenvalue weighted by atomic mass is 10.2. The van der Waals surface area contributed by atoms with E-state index in [-0.39, 0.29) is 6.42 Å². The van der Waals surface area contributed by atoms with Crippen LogP contribution in [0.25, 0.3) is 0 Å². The summed E-state index contributed by atoms with van der Waals surface area (Å²) in [5.74, 6) is -1.32. The summed E-state index contributed by atoms with van der Waals surface area (Å²) in [5.41, 5.74) is 5.01. The van der Waals surface area contributed by atoms with Crippen LogP contribution in [0.3, 0.4) is 0 Å². The van der Waals surface area contributed by atoms with Crippen molar-refractivity contribution in [2.75, 3.05) is 0 Å². The van der Waals surface area contributed by atoms with Crippen LogP contribution < -0.4 is 5.73 Å². The molecule has 0 saturated carbocycles. The largest absolute Gasteiger partial charge is 0.480 e. The monoisotopic (exact) mass is 261 g/mol. The Labute approximate surface area is 77.6 Å². The SMILES string of the molecule is NC(CC(Br)S(=O)(=O)O)C(=O)O. The van der Waals surface area contributed by atoms with E-state index in [9.17, 15) is 13.2 Å². The quantitative estimate of drug-likeness (QED) is 0.459. The number of carboxylic acids is 1. The highest BCUT2D eigenvalue weighted by Gasteiger charge is 2.25. The van der Waals surface area contributed by atoms with Gasteiger partial charge in [-0.3, -0.25) is 9.35 Å². The van der Waals surface area contributed by atoms with Crippen LogP contribution in [0.5, 0.6) is 0 Å². The first-order valence-electron chi connectivity index (χ1n) is 2.84. The van der Waals surface area contributed by atoms with Gasteiger partial charge in [0.05, 0.1) is 0 Å². The van der Waals surface area contributed by atoms with E-state index >= 15 is 0 Å². The van der Waals surface area contributed by atoms with E-state index in [1.165, 1.54) is 0 Å². The van der Waals surface area contributed by atoms with E-state index in [1.54, 1.807) is 0 Å². The number of alkyl halides is 1. The van der Waals surface area contributed by atoms with Crippen molar-refractivity contribution in [3.05, 3.63) is 0 Å². The topological polar surface area (TPSA) is 118 Å². The Hall–Kier alpha value is -0.180. The molecule has 0 aromatic rings. The summed E-state index contributed by atoms with van der Waals surface area (Å²) in [4.78, 5) is 10.1. The molecule has 12 heavy (non-hydrogen) atoms. The first-order chi connectivity index (χ1) is 5.25. The smallest absolute Gasteiger partial charge is 0.320 e. The molecule has 0 aliphatic heterocycles. The molecular weight excluding hydrogens is 254 g/mol. The molecule has 0 fully saturated rings. The average molecular weight is 262 g/mol. The van der Waals surface area contributed by atoms with Gasteiger partial charge in [-0.25, -0.2) is 0 Å². The maximum atomic E-state index is 10.3. The van der Waals surface area contributed by atoms with Gasteiger partial charge in [-0.2, -0.15) is 8.42 Å². The molecule has 4 N–H and O–H groups in total. The van der Waals surface area contributed by atoms with Crippen molar-refractivity contribution >= 4 is 32.0 Å². The third-order valence-electron chi connectivity index (χ3n) is 1.08. The first kappa shape index (κ1) is 11.8. The summed E-state index contributed by atoms with van der Waals surface area (Å²) >= 11 is 2.59. The Morgan fingerprint density at radius 3 is 2.25 bits per heavy atom. The molecule has 72 valence electrons. The minimum Gasteiger partial charge on any atom is -0.480 e. The molecule has 0 aromatic carbocycles. The van der Waals surface area contributed by atoms with Gasteiger partial charge in [0.2, 0.25) is 0 Å². The van der Waals surface area contributed by atoms with Crippen molar-refractivity contribution in [3.8, 4) is 0 Å². The van der Waals surface area contributed by atoms with Crippen LogP contribution in [-0.4, -0.2) is 34.2 Å². The van der Waals surface area contributed by atoms with Gasteiger partial charge in [-0.1, -0.05) is 15.9 Å².